The van der Waals surface area contributed by atoms with E-state index >= 15 is 0 Å². The molecule has 0 amide bonds. The maximum atomic E-state index is 13.8. The smallest absolute Gasteiger partial charge is 0.207 e. The third-order valence-corrected chi connectivity index (χ3v) is 4.05. The number of benzene rings is 2. The van der Waals surface area contributed by atoms with E-state index in [0.717, 1.165) is 12.1 Å². The molecule has 0 bridgehead atoms. The highest BCUT2D eigenvalue weighted by Crippen LogP contribution is 2.31. The van der Waals surface area contributed by atoms with Gasteiger partial charge < -0.3 is 0 Å². The lowest BCUT2D eigenvalue weighted by molar-refractivity contribution is -0.137. The van der Waals surface area contributed by atoms with Gasteiger partial charge in [0.05, 0.1) is 5.56 Å². The van der Waals surface area contributed by atoms with Crippen molar-refractivity contribution in [3.63, 3.8) is 0 Å². The lowest BCUT2D eigenvalue weighted by Crippen LogP contribution is -2.09. The molecule has 2 aromatic rings. The van der Waals surface area contributed by atoms with Crippen LogP contribution in [-0.2, 0) is 12.6 Å². The monoisotopic (exact) mass is 360 g/mol. The van der Waals surface area contributed by atoms with Crippen LogP contribution < -0.4 is 0 Å². The van der Waals surface area contributed by atoms with Gasteiger partial charge in [0.1, 0.15) is 5.82 Å². The van der Waals surface area contributed by atoms with Gasteiger partial charge in [-0.25, -0.2) is 4.39 Å². The normalized spacial score (nSPS) is 13.2. The molecule has 0 fully saturated rings. The summed E-state index contributed by atoms with van der Waals surface area (Å²) in [6.07, 6.45) is -4.02. The molecular formula is C16H13BrF4. The summed E-state index contributed by atoms with van der Waals surface area (Å²) in [6, 6.07) is 11.5. The van der Waals surface area contributed by atoms with Gasteiger partial charge in [0.25, 0.3) is 0 Å². The minimum absolute atomic E-state index is 0.213. The zero-order valence-electron chi connectivity index (χ0n) is 11.0. The standard InChI is InChI=1S/C16H13BrF4/c17-10-12(14-6-1-2-7-15(14)18)8-11-4-3-5-13(9-11)16(19,20)21/h1-7,9,12H,8,10H2. The first-order chi connectivity index (χ1) is 9.91. The molecule has 0 radical (unpaired) electrons. The van der Waals surface area contributed by atoms with E-state index in [1.807, 2.05) is 0 Å². The average molecular weight is 361 g/mol. The van der Waals surface area contributed by atoms with E-state index < -0.39 is 11.7 Å². The fraction of sp³-hybridized carbons (Fsp3) is 0.250. The van der Waals surface area contributed by atoms with E-state index in [-0.39, 0.29) is 11.7 Å². The second-order valence-electron chi connectivity index (χ2n) is 4.78. The van der Waals surface area contributed by atoms with Crippen molar-refractivity contribution < 1.29 is 17.6 Å². The first-order valence-electron chi connectivity index (χ1n) is 6.38. The maximum absolute atomic E-state index is 13.8. The number of alkyl halides is 4. The van der Waals surface area contributed by atoms with E-state index in [1.165, 1.54) is 12.1 Å². The van der Waals surface area contributed by atoms with Crippen molar-refractivity contribution in [3.05, 3.63) is 71.0 Å². The predicted octanol–water partition coefficient (Wildman–Crippen LogP) is 5.57. The van der Waals surface area contributed by atoms with Crippen LogP contribution in [0.25, 0.3) is 0 Å². The molecule has 0 spiro atoms. The van der Waals surface area contributed by atoms with Crippen molar-refractivity contribution in [3.8, 4) is 0 Å². The van der Waals surface area contributed by atoms with Crippen molar-refractivity contribution in [2.75, 3.05) is 5.33 Å². The Labute approximate surface area is 128 Å². The van der Waals surface area contributed by atoms with Gasteiger partial charge in [-0.3, -0.25) is 0 Å². The minimum atomic E-state index is -4.36. The molecule has 1 atom stereocenters. The molecule has 0 nitrogen and oxygen atoms in total. The minimum Gasteiger partial charge on any atom is -0.207 e. The summed E-state index contributed by atoms with van der Waals surface area (Å²) < 4.78 is 51.9. The molecule has 0 saturated heterocycles. The van der Waals surface area contributed by atoms with Gasteiger partial charge in [-0.05, 0) is 29.7 Å². The number of rotatable bonds is 4. The van der Waals surface area contributed by atoms with Crippen molar-refractivity contribution in [2.45, 2.75) is 18.5 Å². The van der Waals surface area contributed by atoms with Crippen LogP contribution in [0.1, 0.15) is 22.6 Å². The molecule has 21 heavy (non-hydrogen) atoms. The highest BCUT2D eigenvalue weighted by atomic mass is 79.9. The summed E-state index contributed by atoms with van der Waals surface area (Å²) in [5, 5.41) is 0.476. The Morgan fingerprint density at radius 2 is 1.71 bits per heavy atom. The van der Waals surface area contributed by atoms with Crippen LogP contribution in [0.4, 0.5) is 17.6 Å². The topological polar surface area (TPSA) is 0 Å². The SMILES string of the molecule is Fc1ccccc1C(CBr)Cc1cccc(C(F)(F)F)c1. The van der Waals surface area contributed by atoms with E-state index in [9.17, 15) is 17.6 Å². The summed E-state index contributed by atoms with van der Waals surface area (Å²) in [4.78, 5) is 0. The molecule has 1 unspecified atom stereocenters. The highest BCUT2D eigenvalue weighted by molar-refractivity contribution is 9.09. The summed E-state index contributed by atoms with van der Waals surface area (Å²) in [5.74, 6) is -0.552. The molecule has 0 heterocycles. The quantitative estimate of drug-likeness (QED) is 0.494. The Morgan fingerprint density at radius 3 is 2.33 bits per heavy atom. The Hall–Kier alpha value is -1.36. The number of hydrogen-bond acceptors (Lipinski definition) is 0. The zero-order chi connectivity index (χ0) is 15.5. The molecule has 0 aliphatic heterocycles. The molecule has 5 heteroatoms. The van der Waals surface area contributed by atoms with Crippen LogP contribution in [0, 0.1) is 5.82 Å². The van der Waals surface area contributed by atoms with E-state index in [2.05, 4.69) is 15.9 Å². The van der Waals surface area contributed by atoms with Gasteiger partial charge in [-0.2, -0.15) is 13.2 Å². The second-order valence-corrected chi connectivity index (χ2v) is 5.42. The first-order valence-corrected chi connectivity index (χ1v) is 7.50. The van der Waals surface area contributed by atoms with Crippen molar-refractivity contribution in [2.24, 2.45) is 0 Å². The molecule has 0 aliphatic carbocycles. The number of hydrogen-bond donors (Lipinski definition) is 0. The van der Waals surface area contributed by atoms with Crippen molar-refractivity contribution in [1.29, 1.82) is 0 Å². The largest absolute Gasteiger partial charge is 0.416 e. The van der Waals surface area contributed by atoms with Crippen LogP contribution in [-0.4, -0.2) is 5.33 Å². The van der Waals surface area contributed by atoms with Gasteiger partial charge in [-0.1, -0.05) is 52.3 Å². The third kappa shape index (κ3) is 4.06. The summed E-state index contributed by atoms with van der Waals surface area (Å²) >= 11 is 3.31. The highest BCUT2D eigenvalue weighted by Gasteiger charge is 2.30. The van der Waals surface area contributed by atoms with Gasteiger partial charge in [0.15, 0.2) is 0 Å². The third-order valence-electron chi connectivity index (χ3n) is 3.27. The molecule has 112 valence electrons. The Kier molecular flexibility index (Phi) is 5.04. The van der Waals surface area contributed by atoms with Crippen LogP contribution >= 0.6 is 15.9 Å². The molecule has 0 N–H and O–H groups in total. The fourth-order valence-corrected chi connectivity index (χ4v) is 2.79. The molecule has 0 aliphatic rings. The van der Waals surface area contributed by atoms with Crippen molar-refractivity contribution in [1.82, 2.24) is 0 Å². The Morgan fingerprint density at radius 1 is 1.00 bits per heavy atom. The van der Waals surface area contributed by atoms with E-state index in [4.69, 9.17) is 0 Å². The lowest BCUT2D eigenvalue weighted by Gasteiger charge is -2.16. The van der Waals surface area contributed by atoms with Crippen LogP contribution in [0.5, 0.6) is 0 Å². The van der Waals surface area contributed by atoms with Crippen LogP contribution in [0.15, 0.2) is 48.5 Å². The molecular weight excluding hydrogens is 348 g/mol. The van der Waals surface area contributed by atoms with E-state index in [0.29, 0.717) is 22.9 Å². The number of halogens is 5. The van der Waals surface area contributed by atoms with Gasteiger partial charge in [0, 0.05) is 11.2 Å². The predicted molar refractivity (Wildman–Crippen MR) is 78.1 cm³/mol. The first kappa shape index (κ1) is 16.0. The Bertz CT molecular complexity index is 607. The fourth-order valence-electron chi connectivity index (χ4n) is 2.21. The summed E-state index contributed by atoms with van der Waals surface area (Å²) in [5.41, 5.74) is 0.367. The summed E-state index contributed by atoms with van der Waals surface area (Å²) in [6.45, 7) is 0. The maximum Gasteiger partial charge on any atom is 0.416 e. The second kappa shape index (κ2) is 6.60. The van der Waals surface area contributed by atoms with Crippen molar-refractivity contribution >= 4 is 15.9 Å². The van der Waals surface area contributed by atoms with Gasteiger partial charge in [0.2, 0.25) is 0 Å². The molecule has 2 aromatic carbocycles. The Balaban J connectivity index is 2.26. The van der Waals surface area contributed by atoms with Crippen LogP contribution in [0.2, 0.25) is 0 Å². The zero-order valence-corrected chi connectivity index (χ0v) is 12.6. The molecule has 0 aromatic heterocycles. The lowest BCUT2D eigenvalue weighted by atomic mass is 9.92. The van der Waals surface area contributed by atoms with E-state index in [1.54, 1.807) is 24.3 Å². The average Bonchev–Trinajstić information content (AvgIpc) is 2.45. The molecule has 2 rings (SSSR count). The van der Waals surface area contributed by atoms with Gasteiger partial charge in [-0.15, -0.1) is 0 Å². The van der Waals surface area contributed by atoms with Gasteiger partial charge >= 0.3 is 6.18 Å². The van der Waals surface area contributed by atoms with Crippen LogP contribution in [0.3, 0.4) is 0 Å². The molecule has 0 saturated carbocycles. The summed E-state index contributed by atoms with van der Waals surface area (Å²) in [7, 11) is 0.